The summed E-state index contributed by atoms with van der Waals surface area (Å²) in [5, 5.41) is 4.19. The smallest absolute Gasteiger partial charge is 0.336 e. The Morgan fingerprint density at radius 2 is 1.81 bits per heavy atom. The van der Waals surface area contributed by atoms with Gasteiger partial charge in [-0.1, -0.05) is 19.9 Å². The number of carbonyl (C=O) groups excluding carboxylic acids is 1. The molecule has 2 unspecified atom stereocenters. The lowest BCUT2D eigenvalue weighted by atomic mass is 10.1. The van der Waals surface area contributed by atoms with Gasteiger partial charge in [-0.15, -0.1) is 0 Å². The van der Waals surface area contributed by atoms with E-state index >= 15 is 0 Å². The number of benzene rings is 1. The van der Waals surface area contributed by atoms with Crippen molar-refractivity contribution < 1.29 is 18.0 Å². The first-order chi connectivity index (χ1) is 15.1. The van der Waals surface area contributed by atoms with E-state index < -0.39 is 17.3 Å². The van der Waals surface area contributed by atoms with Crippen LogP contribution in [0.1, 0.15) is 46.1 Å². The molecular weight excluding hydrogens is 423 g/mol. The molecule has 3 aromatic rings. The second-order valence-electron chi connectivity index (χ2n) is 7.83. The lowest BCUT2D eigenvalue weighted by molar-refractivity contribution is -0.138. The number of halogens is 3. The van der Waals surface area contributed by atoms with Crippen LogP contribution >= 0.6 is 0 Å². The average Bonchev–Trinajstić information content (AvgIpc) is 3.20. The van der Waals surface area contributed by atoms with Gasteiger partial charge in [0, 0.05) is 12.1 Å². The molecule has 0 aliphatic rings. The normalized spacial score (nSPS) is 13.8. The fraction of sp³-hybridized carbons (Fsp3) is 0.455. The number of fused-ring (bicyclic) bond motifs is 1. The summed E-state index contributed by atoms with van der Waals surface area (Å²) >= 11 is 0. The molecule has 0 aliphatic heterocycles. The van der Waals surface area contributed by atoms with E-state index in [9.17, 15) is 22.8 Å². The third kappa shape index (κ3) is 4.53. The van der Waals surface area contributed by atoms with Crippen molar-refractivity contribution in [3.8, 4) is 5.69 Å². The minimum atomic E-state index is -4.50. The molecule has 2 aromatic heterocycles. The Labute approximate surface area is 183 Å². The molecule has 0 saturated carbocycles. The molecule has 1 aromatic carbocycles. The number of hydrogen-bond acceptors (Lipinski definition) is 4. The summed E-state index contributed by atoms with van der Waals surface area (Å²) in [4.78, 5) is 31.9. The maximum absolute atomic E-state index is 13.1. The van der Waals surface area contributed by atoms with Crippen molar-refractivity contribution in [1.82, 2.24) is 24.2 Å². The predicted octanol–water partition coefficient (Wildman–Crippen LogP) is 4.03. The van der Waals surface area contributed by atoms with Gasteiger partial charge in [0.05, 0.1) is 17.4 Å². The fourth-order valence-electron chi connectivity index (χ4n) is 3.61. The van der Waals surface area contributed by atoms with Crippen LogP contribution in [0.5, 0.6) is 0 Å². The molecule has 0 fully saturated rings. The summed E-state index contributed by atoms with van der Waals surface area (Å²) in [6.45, 7) is 7.75. The summed E-state index contributed by atoms with van der Waals surface area (Å²) in [5.74, 6) is -0.192. The Kier molecular flexibility index (Phi) is 6.71. The van der Waals surface area contributed by atoms with Crippen LogP contribution in [0.25, 0.3) is 16.7 Å². The number of hydrogen-bond donors (Lipinski definition) is 0. The minimum Gasteiger partial charge on any atom is -0.336 e. The third-order valence-corrected chi connectivity index (χ3v) is 5.70. The zero-order chi connectivity index (χ0) is 23.6. The van der Waals surface area contributed by atoms with Crippen LogP contribution in [0, 0.1) is 0 Å². The van der Waals surface area contributed by atoms with Crippen molar-refractivity contribution in [1.29, 1.82) is 0 Å². The van der Waals surface area contributed by atoms with E-state index in [-0.39, 0.29) is 41.3 Å². The number of nitrogens with zero attached hydrogens (tertiary/aromatic N) is 5. The summed E-state index contributed by atoms with van der Waals surface area (Å²) < 4.78 is 41.6. The maximum Gasteiger partial charge on any atom is 0.416 e. The van der Waals surface area contributed by atoms with Crippen molar-refractivity contribution in [2.45, 2.75) is 65.3 Å². The Morgan fingerprint density at radius 3 is 2.41 bits per heavy atom. The summed E-state index contributed by atoms with van der Waals surface area (Å²) in [6.07, 6.45) is -0.443. The Balaban J connectivity index is 1.96. The van der Waals surface area contributed by atoms with E-state index in [0.29, 0.717) is 0 Å². The molecule has 0 aliphatic carbocycles. The fourth-order valence-corrected chi connectivity index (χ4v) is 3.61. The minimum absolute atomic E-state index is 0.0218. The number of aromatic nitrogens is 4. The van der Waals surface area contributed by atoms with Gasteiger partial charge in [-0.2, -0.15) is 18.3 Å². The molecule has 10 heteroatoms. The average molecular weight is 449 g/mol. The molecule has 32 heavy (non-hydrogen) atoms. The summed E-state index contributed by atoms with van der Waals surface area (Å²) in [7, 11) is 0. The first-order valence-electron chi connectivity index (χ1n) is 10.5. The molecule has 0 N–H and O–H groups in total. The van der Waals surface area contributed by atoms with Gasteiger partial charge in [0.25, 0.3) is 5.56 Å². The second kappa shape index (κ2) is 9.13. The van der Waals surface area contributed by atoms with Crippen LogP contribution in [-0.4, -0.2) is 42.2 Å². The molecule has 172 valence electrons. The van der Waals surface area contributed by atoms with Crippen molar-refractivity contribution in [3.63, 3.8) is 0 Å². The Morgan fingerprint density at radius 1 is 1.16 bits per heavy atom. The standard InChI is InChI=1S/C22H26F3N5O2/c1-5-14(3)29(15(4)6-2)19(31)12-28-13-26-20-18(21(28)32)11-27-30(20)17-9-7-8-16(10-17)22(23,24)25/h7-11,13-15H,5-6,12H2,1-4H3. The zero-order valence-corrected chi connectivity index (χ0v) is 18.4. The Bertz CT molecular complexity index is 1160. The molecule has 3 rings (SSSR count). The van der Waals surface area contributed by atoms with Crippen molar-refractivity contribution in [3.05, 3.63) is 52.7 Å². The molecule has 0 radical (unpaired) electrons. The highest BCUT2D eigenvalue weighted by Gasteiger charge is 2.31. The molecular formula is C22H26F3N5O2. The summed E-state index contributed by atoms with van der Waals surface area (Å²) in [5.41, 5.74) is -1.04. The van der Waals surface area contributed by atoms with E-state index in [1.165, 1.54) is 33.9 Å². The van der Waals surface area contributed by atoms with Crippen LogP contribution in [0.2, 0.25) is 0 Å². The van der Waals surface area contributed by atoms with Gasteiger partial charge < -0.3 is 4.90 Å². The van der Waals surface area contributed by atoms with Crippen molar-refractivity contribution in [2.24, 2.45) is 0 Å². The number of rotatable bonds is 7. The van der Waals surface area contributed by atoms with Crippen LogP contribution in [0.4, 0.5) is 13.2 Å². The lowest BCUT2D eigenvalue weighted by Gasteiger charge is -2.34. The van der Waals surface area contributed by atoms with Crippen LogP contribution in [-0.2, 0) is 17.5 Å². The first kappa shape index (κ1) is 23.5. The molecule has 7 nitrogen and oxygen atoms in total. The SMILES string of the molecule is CCC(C)N(C(=O)Cn1cnc2c(cnn2-c2cccc(C(F)(F)F)c2)c1=O)C(C)CC. The quantitative estimate of drug-likeness (QED) is 0.546. The number of amides is 1. The number of alkyl halides is 3. The van der Waals surface area contributed by atoms with Gasteiger partial charge in [-0.25, -0.2) is 9.67 Å². The highest BCUT2D eigenvalue weighted by atomic mass is 19.4. The highest BCUT2D eigenvalue weighted by molar-refractivity contribution is 5.78. The molecule has 0 bridgehead atoms. The molecule has 0 saturated heterocycles. The lowest BCUT2D eigenvalue weighted by Crippen LogP contribution is -2.46. The van der Waals surface area contributed by atoms with Gasteiger partial charge in [0.1, 0.15) is 18.3 Å². The van der Waals surface area contributed by atoms with E-state index in [2.05, 4.69) is 10.1 Å². The van der Waals surface area contributed by atoms with E-state index in [0.717, 1.165) is 25.0 Å². The van der Waals surface area contributed by atoms with Gasteiger partial charge in [-0.05, 0) is 44.9 Å². The molecule has 2 heterocycles. The maximum atomic E-state index is 13.1. The van der Waals surface area contributed by atoms with E-state index in [1.807, 2.05) is 27.7 Å². The monoisotopic (exact) mass is 449 g/mol. The highest BCUT2D eigenvalue weighted by Crippen LogP contribution is 2.30. The second-order valence-corrected chi connectivity index (χ2v) is 7.83. The largest absolute Gasteiger partial charge is 0.416 e. The van der Waals surface area contributed by atoms with Crippen LogP contribution in [0.15, 0.2) is 41.6 Å². The van der Waals surface area contributed by atoms with E-state index in [1.54, 1.807) is 4.90 Å². The van der Waals surface area contributed by atoms with Gasteiger partial charge in [0.15, 0.2) is 5.65 Å². The molecule has 2 atom stereocenters. The topological polar surface area (TPSA) is 73.0 Å². The van der Waals surface area contributed by atoms with Crippen LogP contribution < -0.4 is 5.56 Å². The van der Waals surface area contributed by atoms with Crippen molar-refractivity contribution in [2.75, 3.05) is 0 Å². The predicted molar refractivity (Wildman–Crippen MR) is 114 cm³/mol. The third-order valence-electron chi connectivity index (χ3n) is 5.70. The van der Waals surface area contributed by atoms with E-state index in [4.69, 9.17) is 0 Å². The molecule has 0 spiro atoms. The van der Waals surface area contributed by atoms with Gasteiger partial charge in [0.2, 0.25) is 5.91 Å². The van der Waals surface area contributed by atoms with Gasteiger partial charge in [-0.3, -0.25) is 14.2 Å². The first-order valence-corrected chi connectivity index (χ1v) is 10.5. The molecule has 1 amide bonds. The van der Waals surface area contributed by atoms with Crippen molar-refractivity contribution >= 4 is 16.9 Å². The zero-order valence-electron chi connectivity index (χ0n) is 18.4. The van der Waals surface area contributed by atoms with Gasteiger partial charge >= 0.3 is 6.18 Å². The van der Waals surface area contributed by atoms with Crippen LogP contribution in [0.3, 0.4) is 0 Å². The summed E-state index contributed by atoms with van der Waals surface area (Å²) in [6, 6.07) is 4.67. The Hall–Kier alpha value is -3.17. The number of carbonyl (C=O) groups is 1.